The lowest BCUT2D eigenvalue weighted by Crippen LogP contribution is -2.40. The van der Waals surface area contributed by atoms with Crippen LogP contribution in [0.1, 0.15) is 17.2 Å². The maximum Gasteiger partial charge on any atom is 0.316 e. The Balaban J connectivity index is 2.33. The van der Waals surface area contributed by atoms with E-state index in [1.165, 1.54) is 28.6 Å². The zero-order chi connectivity index (χ0) is 14.0. The molecule has 0 bridgehead atoms. The lowest BCUT2D eigenvalue weighted by molar-refractivity contribution is 0.154. The van der Waals surface area contributed by atoms with Crippen molar-refractivity contribution in [2.45, 2.75) is 19.6 Å². The molecule has 0 aliphatic rings. The number of nitrogens with zero attached hydrogens (tertiary/aromatic N) is 2. The Hall–Kier alpha value is -2.14. The first-order valence-corrected chi connectivity index (χ1v) is 6.00. The molecule has 0 aliphatic heterocycles. The lowest BCUT2D eigenvalue weighted by Gasteiger charge is -2.15. The molecular formula is C14H16N2O3. The van der Waals surface area contributed by atoms with Crippen LogP contribution in [0.15, 0.2) is 46.2 Å². The van der Waals surface area contributed by atoms with Crippen molar-refractivity contribution in [1.82, 2.24) is 9.13 Å². The van der Waals surface area contributed by atoms with Gasteiger partial charge in [0.15, 0.2) is 0 Å². The molecule has 1 aromatic heterocycles. The van der Waals surface area contributed by atoms with Crippen LogP contribution < -0.4 is 11.1 Å². The Morgan fingerprint density at radius 2 is 1.84 bits per heavy atom. The topological polar surface area (TPSA) is 64.2 Å². The van der Waals surface area contributed by atoms with Gasteiger partial charge in [-0.1, -0.05) is 24.3 Å². The first-order valence-electron chi connectivity index (χ1n) is 6.00. The zero-order valence-corrected chi connectivity index (χ0v) is 10.9. The van der Waals surface area contributed by atoms with Gasteiger partial charge in [-0.3, -0.25) is 9.59 Å². The minimum atomic E-state index is -0.814. The average Bonchev–Trinajstić information content (AvgIpc) is 2.40. The Morgan fingerprint density at radius 1 is 1.16 bits per heavy atom. The van der Waals surface area contributed by atoms with E-state index in [9.17, 15) is 14.7 Å². The predicted octanol–water partition coefficient (Wildman–Crippen LogP) is 0.589. The van der Waals surface area contributed by atoms with E-state index in [0.29, 0.717) is 0 Å². The molecule has 1 unspecified atom stereocenters. The van der Waals surface area contributed by atoms with Gasteiger partial charge in [0.05, 0.1) is 12.6 Å². The number of aryl methyl sites for hydroxylation is 2. The molecule has 100 valence electrons. The third kappa shape index (κ3) is 2.66. The Labute approximate surface area is 110 Å². The highest BCUT2D eigenvalue weighted by atomic mass is 16.3. The zero-order valence-electron chi connectivity index (χ0n) is 10.9. The molecule has 0 saturated carbocycles. The van der Waals surface area contributed by atoms with Crippen LogP contribution in [0.4, 0.5) is 0 Å². The highest BCUT2D eigenvalue weighted by molar-refractivity contribution is 5.27. The van der Waals surface area contributed by atoms with E-state index in [2.05, 4.69) is 0 Å². The first kappa shape index (κ1) is 13.3. The van der Waals surface area contributed by atoms with Crippen LogP contribution in [0.3, 0.4) is 0 Å². The molecular weight excluding hydrogens is 244 g/mol. The number of benzene rings is 1. The van der Waals surface area contributed by atoms with Crippen molar-refractivity contribution in [2.24, 2.45) is 7.05 Å². The van der Waals surface area contributed by atoms with Gasteiger partial charge in [-0.25, -0.2) is 0 Å². The van der Waals surface area contributed by atoms with Crippen molar-refractivity contribution in [1.29, 1.82) is 0 Å². The molecule has 0 radical (unpaired) electrons. The van der Waals surface area contributed by atoms with Crippen LogP contribution in [0.25, 0.3) is 0 Å². The highest BCUT2D eigenvalue weighted by Gasteiger charge is 2.12. The van der Waals surface area contributed by atoms with Crippen molar-refractivity contribution in [2.75, 3.05) is 0 Å². The Bertz CT molecular complexity index is 700. The van der Waals surface area contributed by atoms with Crippen molar-refractivity contribution < 1.29 is 5.11 Å². The monoisotopic (exact) mass is 260 g/mol. The fourth-order valence-corrected chi connectivity index (χ4v) is 1.98. The lowest BCUT2D eigenvalue weighted by atomic mass is 10.0. The summed E-state index contributed by atoms with van der Waals surface area (Å²) in [5, 5.41) is 10.2. The molecule has 0 spiro atoms. The van der Waals surface area contributed by atoms with E-state index in [1.807, 2.05) is 31.2 Å². The number of aliphatic hydroxyl groups is 1. The molecule has 2 aromatic rings. The Kier molecular flexibility index (Phi) is 3.66. The van der Waals surface area contributed by atoms with E-state index >= 15 is 0 Å². The van der Waals surface area contributed by atoms with Gasteiger partial charge < -0.3 is 14.2 Å². The summed E-state index contributed by atoms with van der Waals surface area (Å²) in [5.41, 5.74) is 0.485. The number of hydrogen-bond donors (Lipinski definition) is 1. The summed E-state index contributed by atoms with van der Waals surface area (Å²) in [6, 6.07) is 7.42. The smallest absolute Gasteiger partial charge is 0.316 e. The van der Waals surface area contributed by atoms with E-state index < -0.39 is 17.2 Å². The molecule has 19 heavy (non-hydrogen) atoms. The van der Waals surface area contributed by atoms with E-state index in [4.69, 9.17) is 0 Å². The summed E-state index contributed by atoms with van der Waals surface area (Å²) in [4.78, 5) is 23.3. The number of hydrogen-bond acceptors (Lipinski definition) is 3. The van der Waals surface area contributed by atoms with Crippen molar-refractivity contribution in [3.8, 4) is 0 Å². The minimum absolute atomic E-state index is 0.0692. The molecule has 2 rings (SSSR count). The SMILES string of the molecule is Cc1ccccc1C(O)Cn1ccn(C)c(=O)c1=O. The maximum absolute atomic E-state index is 11.8. The van der Waals surface area contributed by atoms with Crippen molar-refractivity contribution in [3.05, 3.63) is 68.5 Å². The van der Waals surface area contributed by atoms with Crippen molar-refractivity contribution in [3.63, 3.8) is 0 Å². The van der Waals surface area contributed by atoms with Crippen LogP contribution in [0, 0.1) is 6.92 Å². The van der Waals surface area contributed by atoms with Crippen LogP contribution in [0.2, 0.25) is 0 Å². The molecule has 1 N–H and O–H groups in total. The van der Waals surface area contributed by atoms with Crippen LogP contribution in [-0.4, -0.2) is 14.2 Å². The minimum Gasteiger partial charge on any atom is -0.387 e. The summed E-state index contributed by atoms with van der Waals surface area (Å²) in [7, 11) is 1.52. The van der Waals surface area contributed by atoms with Crippen LogP contribution in [-0.2, 0) is 13.6 Å². The quantitative estimate of drug-likeness (QED) is 0.821. The molecule has 5 heteroatoms. The summed E-state index contributed by atoms with van der Waals surface area (Å²) >= 11 is 0. The predicted molar refractivity (Wildman–Crippen MR) is 72.1 cm³/mol. The van der Waals surface area contributed by atoms with Gasteiger partial charge in [-0.05, 0) is 18.1 Å². The second kappa shape index (κ2) is 5.24. The summed E-state index contributed by atoms with van der Waals surface area (Å²) in [5.74, 6) is 0. The first-order chi connectivity index (χ1) is 9.00. The van der Waals surface area contributed by atoms with E-state index in [0.717, 1.165) is 11.1 Å². The maximum atomic E-state index is 11.8. The van der Waals surface area contributed by atoms with Crippen molar-refractivity contribution >= 4 is 0 Å². The highest BCUT2D eigenvalue weighted by Crippen LogP contribution is 2.18. The molecule has 1 heterocycles. The second-order valence-corrected chi connectivity index (χ2v) is 4.54. The van der Waals surface area contributed by atoms with E-state index in [-0.39, 0.29) is 6.54 Å². The molecule has 0 aliphatic carbocycles. The van der Waals surface area contributed by atoms with Gasteiger partial charge in [0.1, 0.15) is 0 Å². The van der Waals surface area contributed by atoms with Crippen LogP contribution >= 0.6 is 0 Å². The third-order valence-corrected chi connectivity index (χ3v) is 3.15. The summed E-state index contributed by atoms with van der Waals surface area (Å²) in [6.45, 7) is 1.96. The van der Waals surface area contributed by atoms with Gasteiger partial charge >= 0.3 is 11.1 Å². The summed E-state index contributed by atoms with van der Waals surface area (Å²) in [6.07, 6.45) is 2.20. The average molecular weight is 260 g/mol. The van der Waals surface area contributed by atoms with Gasteiger partial charge in [0.25, 0.3) is 0 Å². The van der Waals surface area contributed by atoms with Gasteiger partial charge in [0.2, 0.25) is 0 Å². The fraction of sp³-hybridized carbons (Fsp3) is 0.286. The molecule has 1 aromatic carbocycles. The van der Waals surface area contributed by atoms with Gasteiger partial charge in [-0.2, -0.15) is 0 Å². The molecule has 0 fully saturated rings. The molecule has 1 atom stereocenters. The largest absolute Gasteiger partial charge is 0.387 e. The van der Waals surface area contributed by atoms with Gasteiger partial charge in [-0.15, -0.1) is 0 Å². The number of aromatic nitrogens is 2. The van der Waals surface area contributed by atoms with E-state index in [1.54, 1.807) is 0 Å². The molecule has 0 amide bonds. The third-order valence-electron chi connectivity index (χ3n) is 3.15. The van der Waals surface area contributed by atoms with Gasteiger partial charge in [0, 0.05) is 19.4 Å². The normalized spacial score (nSPS) is 12.4. The second-order valence-electron chi connectivity index (χ2n) is 4.54. The van der Waals surface area contributed by atoms with Crippen LogP contribution in [0.5, 0.6) is 0 Å². The number of rotatable bonds is 3. The fourth-order valence-electron chi connectivity index (χ4n) is 1.98. The summed E-state index contributed by atoms with van der Waals surface area (Å²) < 4.78 is 2.46. The Morgan fingerprint density at radius 3 is 2.53 bits per heavy atom. The standard InChI is InChI=1S/C14H16N2O3/c1-10-5-3-4-6-11(10)12(17)9-16-8-7-15(2)13(18)14(16)19/h3-8,12,17H,9H2,1-2H3. The molecule has 0 saturated heterocycles. The number of aliphatic hydroxyl groups excluding tert-OH is 1. The molecule has 5 nitrogen and oxygen atoms in total.